The first-order chi connectivity index (χ1) is 8.52. The molecule has 0 saturated heterocycles. The first-order valence-corrected chi connectivity index (χ1v) is 6.42. The van der Waals surface area contributed by atoms with E-state index < -0.39 is 6.10 Å². The number of rotatable bonds is 4. The maximum absolute atomic E-state index is 9.77. The van der Waals surface area contributed by atoms with E-state index in [2.05, 4.69) is 5.10 Å². The highest BCUT2D eigenvalue weighted by molar-refractivity contribution is 6.31. The van der Waals surface area contributed by atoms with Gasteiger partial charge in [-0.15, -0.1) is 0 Å². The molecule has 2 aromatic heterocycles. The van der Waals surface area contributed by atoms with E-state index in [9.17, 15) is 5.11 Å². The molecule has 2 rings (SSSR count). The Labute approximate surface area is 112 Å². The molecule has 4 nitrogen and oxygen atoms in total. The van der Waals surface area contributed by atoms with Crippen molar-refractivity contribution in [3.05, 3.63) is 40.4 Å². The summed E-state index contributed by atoms with van der Waals surface area (Å²) in [5.41, 5.74) is 2.75. The molecule has 0 fully saturated rings. The van der Waals surface area contributed by atoms with Gasteiger partial charge in [-0.3, -0.25) is 4.68 Å². The standard InChI is InChI=1S/C13H18ClN3O/c1-4-12(18)10-5-6-17(7-10)8-11-13(14)9(2)15-16(11)3/h5-7,12,18H,4,8H2,1-3H3. The number of aliphatic hydroxyl groups excluding tert-OH is 1. The Morgan fingerprint density at radius 2 is 2.22 bits per heavy atom. The number of hydrogen-bond donors (Lipinski definition) is 1. The van der Waals surface area contributed by atoms with Gasteiger partial charge >= 0.3 is 0 Å². The van der Waals surface area contributed by atoms with E-state index in [0.717, 1.165) is 23.4 Å². The average molecular weight is 268 g/mol. The van der Waals surface area contributed by atoms with Gasteiger partial charge in [0.15, 0.2) is 0 Å². The molecule has 2 heterocycles. The lowest BCUT2D eigenvalue weighted by molar-refractivity contribution is 0.173. The summed E-state index contributed by atoms with van der Waals surface area (Å²) in [6.07, 6.45) is 4.23. The van der Waals surface area contributed by atoms with Crippen molar-refractivity contribution >= 4 is 11.6 Å². The van der Waals surface area contributed by atoms with Crippen LogP contribution in [0.3, 0.4) is 0 Å². The Morgan fingerprint density at radius 1 is 1.50 bits per heavy atom. The van der Waals surface area contributed by atoms with Crippen molar-refractivity contribution in [2.45, 2.75) is 32.9 Å². The van der Waals surface area contributed by atoms with Gasteiger partial charge in [0.2, 0.25) is 0 Å². The minimum Gasteiger partial charge on any atom is -0.388 e. The van der Waals surface area contributed by atoms with E-state index >= 15 is 0 Å². The van der Waals surface area contributed by atoms with E-state index in [0.29, 0.717) is 11.6 Å². The van der Waals surface area contributed by atoms with E-state index in [4.69, 9.17) is 11.6 Å². The third-order valence-electron chi connectivity index (χ3n) is 3.14. The topological polar surface area (TPSA) is 43.0 Å². The molecule has 0 spiro atoms. The number of aromatic nitrogens is 3. The van der Waals surface area contributed by atoms with Gasteiger partial charge in [0.1, 0.15) is 0 Å². The van der Waals surface area contributed by atoms with Gasteiger partial charge in [-0.1, -0.05) is 18.5 Å². The Bertz CT molecular complexity index is 544. The number of nitrogens with zero attached hydrogens (tertiary/aromatic N) is 3. The van der Waals surface area contributed by atoms with E-state index in [1.54, 1.807) is 4.68 Å². The van der Waals surface area contributed by atoms with Crippen LogP contribution in [0.15, 0.2) is 18.5 Å². The second kappa shape index (κ2) is 5.16. The molecule has 0 bridgehead atoms. The highest BCUT2D eigenvalue weighted by Crippen LogP contribution is 2.22. The van der Waals surface area contributed by atoms with Gasteiger partial charge in [-0.25, -0.2) is 0 Å². The van der Waals surface area contributed by atoms with Gasteiger partial charge in [-0.2, -0.15) is 5.10 Å². The first-order valence-electron chi connectivity index (χ1n) is 6.04. The van der Waals surface area contributed by atoms with Crippen LogP contribution in [0.5, 0.6) is 0 Å². The molecular weight excluding hydrogens is 250 g/mol. The van der Waals surface area contributed by atoms with Gasteiger partial charge in [0, 0.05) is 19.4 Å². The van der Waals surface area contributed by atoms with Crippen LogP contribution >= 0.6 is 11.6 Å². The number of aryl methyl sites for hydroxylation is 2. The second-order valence-corrected chi connectivity index (χ2v) is 4.89. The van der Waals surface area contributed by atoms with Gasteiger partial charge < -0.3 is 9.67 Å². The fourth-order valence-corrected chi connectivity index (χ4v) is 2.24. The lowest BCUT2D eigenvalue weighted by Crippen LogP contribution is -2.04. The third kappa shape index (κ3) is 2.44. The van der Waals surface area contributed by atoms with Crippen LogP contribution in [0.4, 0.5) is 0 Å². The number of hydrogen-bond acceptors (Lipinski definition) is 2. The molecule has 1 unspecified atom stereocenters. The summed E-state index contributed by atoms with van der Waals surface area (Å²) >= 11 is 6.21. The molecule has 5 heteroatoms. The lowest BCUT2D eigenvalue weighted by Gasteiger charge is -2.06. The zero-order valence-electron chi connectivity index (χ0n) is 10.9. The predicted molar refractivity (Wildman–Crippen MR) is 71.7 cm³/mol. The normalized spacial score (nSPS) is 12.9. The highest BCUT2D eigenvalue weighted by atomic mass is 35.5. The van der Waals surface area contributed by atoms with Crippen molar-refractivity contribution in [2.75, 3.05) is 0 Å². The van der Waals surface area contributed by atoms with Crippen molar-refractivity contribution in [3.8, 4) is 0 Å². The fourth-order valence-electron chi connectivity index (χ4n) is 2.02. The zero-order chi connectivity index (χ0) is 13.3. The minimum absolute atomic E-state index is 0.394. The van der Waals surface area contributed by atoms with Crippen molar-refractivity contribution in [1.82, 2.24) is 14.3 Å². The van der Waals surface area contributed by atoms with Gasteiger partial charge in [-0.05, 0) is 25.0 Å². The summed E-state index contributed by atoms with van der Waals surface area (Å²) in [5, 5.41) is 14.8. The molecule has 18 heavy (non-hydrogen) atoms. The van der Waals surface area contributed by atoms with Crippen LogP contribution in [0.2, 0.25) is 5.02 Å². The average Bonchev–Trinajstić information content (AvgIpc) is 2.90. The van der Waals surface area contributed by atoms with E-state index in [1.165, 1.54) is 0 Å². The molecule has 0 aliphatic rings. The van der Waals surface area contributed by atoms with Crippen LogP contribution < -0.4 is 0 Å². The van der Waals surface area contributed by atoms with Gasteiger partial charge in [0.05, 0.1) is 29.1 Å². The zero-order valence-corrected chi connectivity index (χ0v) is 11.6. The van der Waals surface area contributed by atoms with Crippen molar-refractivity contribution < 1.29 is 5.11 Å². The Balaban J connectivity index is 2.21. The summed E-state index contributed by atoms with van der Waals surface area (Å²) < 4.78 is 3.81. The molecule has 2 aromatic rings. The molecule has 0 radical (unpaired) electrons. The van der Waals surface area contributed by atoms with Crippen LogP contribution in [-0.4, -0.2) is 19.5 Å². The number of halogens is 1. The maximum atomic E-state index is 9.77. The summed E-state index contributed by atoms with van der Waals surface area (Å²) in [7, 11) is 1.89. The lowest BCUT2D eigenvalue weighted by atomic mass is 10.1. The SMILES string of the molecule is CCC(O)c1ccn(Cc2c(Cl)c(C)nn2C)c1. The second-order valence-electron chi connectivity index (χ2n) is 4.51. The predicted octanol–water partition coefficient (Wildman–Crippen LogP) is 2.68. The maximum Gasteiger partial charge on any atom is 0.0865 e. The minimum atomic E-state index is -0.394. The molecule has 0 aromatic carbocycles. The molecule has 1 N–H and O–H groups in total. The number of aliphatic hydroxyl groups is 1. The van der Waals surface area contributed by atoms with E-state index in [-0.39, 0.29) is 0 Å². The van der Waals surface area contributed by atoms with Crippen molar-refractivity contribution in [2.24, 2.45) is 7.05 Å². The van der Waals surface area contributed by atoms with Crippen LogP contribution in [0.1, 0.15) is 36.4 Å². The monoisotopic (exact) mass is 267 g/mol. The van der Waals surface area contributed by atoms with Gasteiger partial charge in [0.25, 0.3) is 0 Å². The largest absolute Gasteiger partial charge is 0.388 e. The molecule has 0 amide bonds. The van der Waals surface area contributed by atoms with Crippen LogP contribution in [0, 0.1) is 6.92 Å². The highest BCUT2D eigenvalue weighted by Gasteiger charge is 2.12. The molecule has 0 aliphatic heterocycles. The quantitative estimate of drug-likeness (QED) is 0.926. The summed E-state index contributed by atoms with van der Waals surface area (Å²) in [6.45, 7) is 4.52. The van der Waals surface area contributed by atoms with Crippen molar-refractivity contribution in [3.63, 3.8) is 0 Å². The molecular formula is C13H18ClN3O. The Kier molecular flexibility index (Phi) is 3.78. The molecule has 1 atom stereocenters. The summed E-state index contributed by atoms with van der Waals surface area (Å²) in [6, 6.07) is 1.94. The summed E-state index contributed by atoms with van der Waals surface area (Å²) in [5.74, 6) is 0. The summed E-state index contributed by atoms with van der Waals surface area (Å²) in [4.78, 5) is 0. The van der Waals surface area contributed by atoms with Crippen LogP contribution in [-0.2, 0) is 13.6 Å². The molecule has 0 saturated carbocycles. The fraction of sp³-hybridized carbons (Fsp3) is 0.462. The first kappa shape index (κ1) is 13.2. The molecule has 0 aliphatic carbocycles. The van der Waals surface area contributed by atoms with Crippen LogP contribution in [0.25, 0.3) is 0 Å². The Hall–Kier alpha value is -1.26. The Morgan fingerprint density at radius 3 is 2.78 bits per heavy atom. The van der Waals surface area contributed by atoms with Crippen molar-refractivity contribution in [1.29, 1.82) is 0 Å². The molecule has 98 valence electrons. The smallest absolute Gasteiger partial charge is 0.0865 e. The third-order valence-corrected chi connectivity index (χ3v) is 3.63. The van der Waals surface area contributed by atoms with E-state index in [1.807, 2.05) is 43.9 Å².